The zero-order valence-electron chi connectivity index (χ0n) is 14.5. The van der Waals surface area contributed by atoms with Gasteiger partial charge in [-0.25, -0.2) is 0 Å². The summed E-state index contributed by atoms with van der Waals surface area (Å²) in [6.07, 6.45) is 3.18. The molecular formula is C18H30O4. The van der Waals surface area contributed by atoms with Crippen molar-refractivity contribution in [1.82, 2.24) is 0 Å². The van der Waals surface area contributed by atoms with Crippen molar-refractivity contribution in [3.8, 4) is 0 Å². The van der Waals surface area contributed by atoms with Crippen molar-refractivity contribution >= 4 is 11.8 Å². The number of cyclic esters (lactones) is 1. The normalized spacial score (nSPS) is 38.6. The molecule has 4 nitrogen and oxygen atoms in total. The summed E-state index contributed by atoms with van der Waals surface area (Å²) < 4.78 is 5.15. The number of esters is 1. The van der Waals surface area contributed by atoms with E-state index >= 15 is 0 Å². The van der Waals surface area contributed by atoms with E-state index in [0.29, 0.717) is 17.4 Å². The van der Waals surface area contributed by atoms with Gasteiger partial charge in [-0.1, -0.05) is 27.7 Å². The fraction of sp³-hybridized carbons (Fsp3) is 0.778. The second kappa shape index (κ2) is 8.47. The molecule has 0 aromatic heterocycles. The average Bonchev–Trinajstić information content (AvgIpc) is 2.42. The fourth-order valence-corrected chi connectivity index (χ4v) is 3.41. The van der Waals surface area contributed by atoms with Gasteiger partial charge in [0, 0.05) is 5.92 Å². The molecule has 5 atom stereocenters. The monoisotopic (exact) mass is 310 g/mol. The van der Waals surface area contributed by atoms with E-state index in [1.54, 1.807) is 6.92 Å². The van der Waals surface area contributed by atoms with Crippen molar-refractivity contribution in [2.24, 2.45) is 23.7 Å². The highest BCUT2D eigenvalue weighted by atomic mass is 16.5. The number of allylic oxidation sites excluding steroid dienone is 1. The molecule has 0 spiro atoms. The molecule has 0 bridgehead atoms. The smallest absolute Gasteiger partial charge is 0.308 e. The predicted molar refractivity (Wildman–Crippen MR) is 86.2 cm³/mol. The summed E-state index contributed by atoms with van der Waals surface area (Å²) in [6.45, 7) is 9.73. The Morgan fingerprint density at radius 3 is 2.14 bits per heavy atom. The maximum absolute atomic E-state index is 12.3. The van der Waals surface area contributed by atoms with Gasteiger partial charge in [0.15, 0.2) is 5.78 Å². The Bertz CT molecular complexity index is 427. The minimum Gasteiger partial charge on any atom is -0.462 e. The number of carbonyl (C=O) groups is 2. The van der Waals surface area contributed by atoms with E-state index in [4.69, 9.17) is 4.74 Å². The number of aliphatic hydroxyl groups is 1. The van der Waals surface area contributed by atoms with Crippen LogP contribution in [-0.2, 0) is 14.3 Å². The van der Waals surface area contributed by atoms with Gasteiger partial charge in [-0.05, 0) is 49.7 Å². The summed E-state index contributed by atoms with van der Waals surface area (Å²) >= 11 is 0. The van der Waals surface area contributed by atoms with Gasteiger partial charge < -0.3 is 9.84 Å². The van der Waals surface area contributed by atoms with Crippen LogP contribution in [0.4, 0.5) is 0 Å². The molecule has 2 unspecified atom stereocenters. The number of carbonyl (C=O) groups excluding carboxylic acids is 2. The summed E-state index contributed by atoms with van der Waals surface area (Å²) in [5.41, 5.74) is 0.543. The Morgan fingerprint density at radius 2 is 1.55 bits per heavy atom. The van der Waals surface area contributed by atoms with Crippen molar-refractivity contribution in [3.05, 3.63) is 11.6 Å². The number of aliphatic hydroxyl groups excluding tert-OH is 1. The predicted octanol–water partition coefficient (Wildman–Crippen LogP) is 3.13. The third-order valence-corrected chi connectivity index (χ3v) is 4.39. The largest absolute Gasteiger partial charge is 0.462 e. The Labute approximate surface area is 133 Å². The van der Waals surface area contributed by atoms with Gasteiger partial charge in [-0.15, -0.1) is 0 Å². The lowest BCUT2D eigenvalue weighted by Gasteiger charge is -2.23. The molecular weight excluding hydrogens is 280 g/mol. The number of Topliss-reactive ketones (excluding diaryl/α,β-unsaturated/α-hetero) is 1. The standard InChI is InChI=1S/C18H30O4/c1-11-6-12(2)8-15(5)18(21)22-10-16(19)9-14(4)17(20)13(3)7-11/h9,11-13,15-16,19H,6-8,10H2,1-5H3/b14-9+/t11-,12-,13-,15?,16?/m1/s1. The molecule has 0 amide bonds. The Balaban J connectivity index is 2.90. The SMILES string of the molecule is C/C1=C\C(O)COC(=O)C(C)C[C@H](C)C[C@@H](C)C[C@@H](C)C1=O. The first-order chi connectivity index (χ1) is 10.2. The molecule has 0 saturated heterocycles. The van der Waals surface area contributed by atoms with Gasteiger partial charge in [0.2, 0.25) is 0 Å². The molecule has 0 saturated carbocycles. The first kappa shape index (κ1) is 18.9. The van der Waals surface area contributed by atoms with Crippen molar-refractivity contribution in [1.29, 1.82) is 0 Å². The van der Waals surface area contributed by atoms with Crippen LogP contribution in [0.2, 0.25) is 0 Å². The topological polar surface area (TPSA) is 63.6 Å². The van der Waals surface area contributed by atoms with Crippen molar-refractivity contribution in [2.45, 2.75) is 60.0 Å². The van der Waals surface area contributed by atoms with E-state index < -0.39 is 6.10 Å². The molecule has 1 N–H and O–H groups in total. The summed E-state index contributed by atoms with van der Waals surface area (Å²) in [5.74, 6) is 0.411. The molecule has 4 heteroatoms. The molecule has 22 heavy (non-hydrogen) atoms. The quantitative estimate of drug-likeness (QED) is 0.698. The highest BCUT2D eigenvalue weighted by Gasteiger charge is 2.23. The maximum atomic E-state index is 12.3. The van der Waals surface area contributed by atoms with Crippen LogP contribution in [0, 0.1) is 23.7 Å². The zero-order valence-corrected chi connectivity index (χ0v) is 14.5. The molecule has 1 aliphatic heterocycles. The van der Waals surface area contributed by atoms with Gasteiger partial charge >= 0.3 is 5.97 Å². The Morgan fingerprint density at radius 1 is 1.00 bits per heavy atom. The third kappa shape index (κ3) is 5.91. The van der Waals surface area contributed by atoms with Crippen LogP contribution in [0.25, 0.3) is 0 Å². The van der Waals surface area contributed by atoms with Crippen LogP contribution in [0.5, 0.6) is 0 Å². The summed E-state index contributed by atoms with van der Waals surface area (Å²) in [7, 11) is 0. The van der Waals surface area contributed by atoms with Crippen molar-refractivity contribution < 1.29 is 19.4 Å². The first-order valence-electron chi connectivity index (χ1n) is 8.28. The van der Waals surface area contributed by atoms with E-state index in [0.717, 1.165) is 19.3 Å². The number of hydrogen-bond acceptors (Lipinski definition) is 4. The molecule has 0 fully saturated rings. The lowest BCUT2D eigenvalue weighted by molar-refractivity contribution is -0.150. The highest BCUT2D eigenvalue weighted by Crippen LogP contribution is 2.26. The summed E-state index contributed by atoms with van der Waals surface area (Å²) in [5, 5.41) is 9.90. The number of rotatable bonds is 0. The maximum Gasteiger partial charge on any atom is 0.308 e. The second-order valence-corrected chi connectivity index (χ2v) is 7.13. The summed E-state index contributed by atoms with van der Waals surface area (Å²) in [6, 6.07) is 0. The van der Waals surface area contributed by atoms with Crippen LogP contribution in [0.3, 0.4) is 0 Å². The Kier molecular flexibility index (Phi) is 7.27. The van der Waals surface area contributed by atoms with E-state index in [1.165, 1.54) is 6.08 Å². The van der Waals surface area contributed by atoms with Gasteiger partial charge in [0.25, 0.3) is 0 Å². The third-order valence-electron chi connectivity index (χ3n) is 4.39. The number of ether oxygens (including phenoxy) is 1. The van der Waals surface area contributed by atoms with E-state index in [-0.39, 0.29) is 30.2 Å². The fourth-order valence-electron chi connectivity index (χ4n) is 3.41. The average molecular weight is 310 g/mol. The minimum absolute atomic E-state index is 0.0476. The first-order valence-corrected chi connectivity index (χ1v) is 8.28. The summed E-state index contributed by atoms with van der Waals surface area (Å²) in [4.78, 5) is 24.3. The molecule has 1 rings (SSSR count). The van der Waals surface area contributed by atoms with Gasteiger partial charge in [-0.3, -0.25) is 9.59 Å². The van der Waals surface area contributed by atoms with Gasteiger partial charge in [-0.2, -0.15) is 0 Å². The van der Waals surface area contributed by atoms with Crippen molar-refractivity contribution in [2.75, 3.05) is 6.61 Å². The molecule has 0 radical (unpaired) electrons. The Hall–Kier alpha value is -1.16. The van der Waals surface area contributed by atoms with Crippen molar-refractivity contribution in [3.63, 3.8) is 0 Å². The van der Waals surface area contributed by atoms with Gasteiger partial charge in [0.05, 0.1) is 5.92 Å². The van der Waals surface area contributed by atoms with Crippen LogP contribution >= 0.6 is 0 Å². The molecule has 1 aliphatic rings. The zero-order chi connectivity index (χ0) is 16.9. The second-order valence-electron chi connectivity index (χ2n) is 7.13. The lowest BCUT2D eigenvalue weighted by Crippen LogP contribution is -2.25. The van der Waals surface area contributed by atoms with E-state index in [9.17, 15) is 14.7 Å². The van der Waals surface area contributed by atoms with Crippen LogP contribution in [0.15, 0.2) is 11.6 Å². The molecule has 0 aliphatic carbocycles. The van der Waals surface area contributed by atoms with E-state index in [1.807, 2.05) is 13.8 Å². The lowest BCUT2D eigenvalue weighted by atomic mass is 9.83. The molecule has 126 valence electrons. The van der Waals surface area contributed by atoms with E-state index in [2.05, 4.69) is 13.8 Å². The van der Waals surface area contributed by atoms with Crippen LogP contribution in [-0.4, -0.2) is 29.6 Å². The van der Waals surface area contributed by atoms with Crippen LogP contribution in [0.1, 0.15) is 53.9 Å². The minimum atomic E-state index is -0.926. The molecule has 1 heterocycles. The van der Waals surface area contributed by atoms with Gasteiger partial charge in [0.1, 0.15) is 12.7 Å². The number of ketones is 1. The van der Waals surface area contributed by atoms with Crippen LogP contribution < -0.4 is 0 Å². The number of hydrogen-bond donors (Lipinski definition) is 1. The molecule has 0 aromatic carbocycles. The molecule has 0 aromatic rings. The highest BCUT2D eigenvalue weighted by molar-refractivity contribution is 5.96.